The Morgan fingerprint density at radius 1 is 1.15 bits per heavy atom. The minimum Gasteiger partial charge on any atom is -0.496 e. The maximum absolute atomic E-state index is 13.5. The summed E-state index contributed by atoms with van der Waals surface area (Å²) in [6, 6.07) is 5.78. The van der Waals surface area contributed by atoms with Gasteiger partial charge in [0, 0.05) is 36.0 Å². The number of hydrogen-bond acceptors (Lipinski definition) is 8. The van der Waals surface area contributed by atoms with E-state index < -0.39 is 11.8 Å². The van der Waals surface area contributed by atoms with Gasteiger partial charge in [-0.25, -0.2) is 9.97 Å². The van der Waals surface area contributed by atoms with Crippen molar-refractivity contribution in [3.63, 3.8) is 0 Å². The van der Waals surface area contributed by atoms with Crippen LogP contribution in [0, 0.1) is 18.8 Å². The number of benzene rings is 1. The number of aromatic nitrogens is 2. The van der Waals surface area contributed by atoms with Gasteiger partial charge in [-0.15, -0.1) is 17.9 Å². The normalized spacial score (nSPS) is 18.5. The first kappa shape index (κ1) is 30.5. The number of allylic oxidation sites excluding steroid dienone is 1. The molecule has 8 nitrogen and oxygen atoms in total. The zero-order valence-corrected chi connectivity index (χ0v) is 25.8. The quantitative estimate of drug-likeness (QED) is 0.136. The number of pyridine rings is 1. The van der Waals surface area contributed by atoms with Gasteiger partial charge in [-0.3, -0.25) is 9.59 Å². The van der Waals surface area contributed by atoms with E-state index in [2.05, 4.69) is 25.8 Å². The molecule has 3 aromatic rings. The van der Waals surface area contributed by atoms with Gasteiger partial charge in [0.2, 0.25) is 5.91 Å². The molecule has 1 saturated carbocycles. The second kappa shape index (κ2) is 13.5. The standard InChI is InChI=1S/C32H41N3O5S/c1-8-9-10-11-14-35(5)31(36)23-15-21(16-24(23)32(37)39-7)40-28-17-25(30-34-26(18-41-30)19(2)3)33-29-20(4)27(38-6)13-12-22(28)29/h8,12-13,17-19,21,23-24H,1,9-11,14-16H2,2-7H3/t21-,23?,24?/m0/s1. The first-order valence-corrected chi connectivity index (χ1v) is 15.1. The van der Waals surface area contributed by atoms with Crippen LogP contribution in [-0.4, -0.2) is 60.7 Å². The molecule has 3 atom stereocenters. The third-order valence-electron chi connectivity index (χ3n) is 7.86. The highest BCUT2D eigenvalue weighted by Gasteiger charge is 2.45. The summed E-state index contributed by atoms with van der Waals surface area (Å²) in [6.07, 6.45) is 5.14. The largest absolute Gasteiger partial charge is 0.496 e. The van der Waals surface area contributed by atoms with Gasteiger partial charge in [-0.2, -0.15) is 0 Å². The summed E-state index contributed by atoms with van der Waals surface area (Å²) >= 11 is 1.55. The maximum atomic E-state index is 13.5. The van der Waals surface area contributed by atoms with Crippen molar-refractivity contribution < 1.29 is 23.8 Å². The van der Waals surface area contributed by atoms with Crippen LogP contribution in [-0.2, 0) is 14.3 Å². The van der Waals surface area contributed by atoms with E-state index in [1.807, 2.05) is 31.2 Å². The van der Waals surface area contributed by atoms with Gasteiger partial charge in [-0.05, 0) is 57.1 Å². The van der Waals surface area contributed by atoms with E-state index in [9.17, 15) is 9.59 Å². The van der Waals surface area contributed by atoms with Crippen molar-refractivity contribution in [1.82, 2.24) is 14.9 Å². The SMILES string of the molecule is C=CCCCCN(C)C(=O)C1C[C@H](Oc2cc(-c3nc(C(C)C)cs3)nc3c(C)c(OC)ccc23)CC1C(=O)OC. The third-order valence-corrected chi connectivity index (χ3v) is 8.74. The molecule has 0 bridgehead atoms. The van der Waals surface area contributed by atoms with E-state index in [0.29, 0.717) is 31.1 Å². The van der Waals surface area contributed by atoms with Crippen LogP contribution in [0.25, 0.3) is 21.6 Å². The van der Waals surface area contributed by atoms with Gasteiger partial charge < -0.3 is 19.1 Å². The smallest absolute Gasteiger partial charge is 0.309 e. The lowest BCUT2D eigenvalue weighted by Crippen LogP contribution is -2.37. The van der Waals surface area contributed by atoms with Crippen LogP contribution in [0.15, 0.2) is 36.2 Å². The molecule has 1 aliphatic carbocycles. The number of fused-ring (bicyclic) bond motifs is 1. The number of esters is 1. The Bertz CT molecular complexity index is 1400. The van der Waals surface area contributed by atoms with Crippen LogP contribution in [0.3, 0.4) is 0 Å². The molecule has 1 fully saturated rings. The lowest BCUT2D eigenvalue weighted by Gasteiger charge is -2.24. The van der Waals surface area contributed by atoms with Crippen molar-refractivity contribution >= 4 is 34.1 Å². The van der Waals surface area contributed by atoms with E-state index in [4.69, 9.17) is 24.2 Å². The Morgan fingerprint density at radius 2 is 1.90 bits per heavy atom. The van der Waals surface area contributed by atoms with E-state index in [1.54, 1.807) is 30.4 Å². The fourth-order valence-electron chi connectivity index (χ4n) is 5.46. The molecule has 9 heteroatoms. The molecule has 1 amide bonds. The minimum atomic E-state index is -0.560. The van der Waals surface area contributed by atoms with E-state index >= 15 is 0 Å². The first-order chi connectivity index (χ1) is 19.7. The number of carbonyl (C=O) groups excluding carboxylic acids is 2. The number of nitrogens with zero attached hydrogens (tertiary/aromatic N) is 3. The molecule has 0 N–H and O–H groups in total. The zero-order chi connectivity index (χ0) is 29.7. The number of amides is 1. The molecular weight excluding hydrogens is 538 g/mol. The fraction of sp³-hybridized carbons (Fsp3) is 0.500. The average molecular weight is 580 g/mol. The van der Waals surface area contributed by atoms with E-state index in [0.717, 1.165) is 57.9 Å². The predicted octanol–water partition coefficient (Wildman–Crippen LogP) is 6.56. The van der Waals surface area contributed by atoms with Crippen LogP contribution < -0.4 is 9.47 Å². The van der Waals surface area contributed by atoms with Gasteiger partial charge in [0.05, 0.1) is 37.3 Å². The Hall–Kier alpha value is -3.46. The van der Waals surface area contributed by atoms with Crippen molar-refractivity contribution in [2.75, 3.05) is 27.8 Å². The minimum absolute atomic E-state index is 0.0463. The Balaban J connectivity index is 1.66. The number of unbranched alkanes of at least 4 members (excludes halogenated alkanes) is 2. The summed E-state index contributed by atoms with van der Waals surface area (Å²) in [5, 5.41) is 3.72. The molecule has 220 valence electrons. The Labute approximate surface area is 246 Å². The predicted molar refractivity (Wildman–Crippen MR) is 163 cm³/mol. The monoisotopic (exact) mass is 579 g/mol. The Kier molecular flexibility index (Phi) is 10.0. The van der Waals surface area contributed by atoms with Crippen molar-refractivity contribution in [2.45, 2.75) is 64.9 Å². The van der Waals surface area contributed by atoms with Crippen molar-refractivity contribution in [2.24, 2.45) is 11.8 Å². The summed E-state index contributed by atoms with van der Waals surface area (Å²) in [6.45, 7) is 10.6. The average Bonchev–Trinajstić information content (AvgIpc) is 3.63. The molecular formula is C32H41N3O5S. The van der Waals surface area contributed by atoms with Crippen molar-refractivity contribution in [1.29, 1.82) is 0 Å². The lowest BCUT2D eigenvalue weighted by molar-refractivity contribution is -0.151. The van der Waals surface area contributed by atoms with E-state index in [-0.39, 0.29) is 18.0 Å². The lowest BCUT2D eigenvalue weighted by atomic mass is 9.94. The zero-order valence-electron chi connectivity index (χ0n) is 24.9. The number of aryl methyl sites for hydroxylation is 1. The highest BCUT2D eigenvalue weighted by atomic mass is 32.1. The molecule has 41 heavy (non-hydrogen) atoms. The molecule has 4 rings (SSSR count). The van der Waals surface area contributed by atoms with Gasteiger partial charge >= 0.3 is 5.97 Å². The molecule has 1 aromatic carbocycles. The van der Waals surface area contributed by atoms with Crippen LogP contribution in [0.2, 0.25) is 0 Å². The first-order valence-electron chi connectivity index (χ1n) is 14.2. The number of ether oxygens (including phenoxy) is 3. The molecule has 0 radical (unpaired) electrons. The van der Waals surface area contributed by atoms with Gasteiger partial charge in [0.25, 0.3) is 0 Å². The Morgan fingerprint density at radius 3 is 2.56 bits per heavy atom. The number of rotatable bonds is 12. The molecule has 2 unspecified atom stereocenters. The van der Waals surface area contributed by atoms with Crippen LogP contribution in [0.5, 0.6) is 11.5 Å². The summed E-state index contributed by atoms with van der Waals surface area (Å²) in [5.74, 6) is 0.213. The second-order valence-corrected chi connectivity index (χ2v) is 11.9. The summed E-state index contributed by atoms with van der Waals surface area (Å²) in [7, 11) is 4.82. The summed E-state index contributed by atoms with van der Waals surface area (Å²) < 4.78 is 17.3. The second-order valence-electron chi connectivity index (χ2n) is 11.0. The highest BCUT2D eigenvalue weighted by molar-refractivity contribution is 7.13. The molecule has 0 spiro atoms. The fourth-order valence-corrected chi connectivity index (χ4v) is 6.40. The number of thiazole rings is 1. The van der Waals surface area contributed by atoms with Crippen LogP contribution in [0.1, 0.15) is 63.1 Å². The van der Waals surface area contributed by atoms with Gasteiger partial charge in [0.15, 0.2) is 0 Å². The van der Waals surface area contributed by atoms with Crippen molar-refractivity contribution in [3.05, 3.63) is 47.5 Å². The van der Waals surface area contributed by atoms with E-state index in [1.165, 1.54) is 7.11 Å². The van der Waals surface area contributed by atoms with Gasteiger partial charge in [-0.1, -0.05) is 19.9 Å². The van der Waals surface area contributed by atoms with Crippen molar-refractivity contribution in [3.8, 4) is 22.2 Å². The molecule has 0 saturated heterocycles. The maximum Gasteiger partial charge on any atom is 0.309 e. The third kappa shape index (κ3) is 6.72. The topological polar surface area (TPSA) is 90.9 Å². The number of methoxy groups -OCH3 is 2. The molecule has 2 aromatic heterocycles. The number of carbonyl (C=O) groups is 2. The molecule has 2 heterocycles. The number of hydrogen-bond donors (Lipinski definition) is 0. The molecule has 0 aliphatic heterocycles. The van der Waals surface area contributed by atoms with Crippen LogP contribution >= 0.6 is 11.3 Å². The van der Waals surface area contributed by atoms with Crippen LogP contribution in [0.4, 0.5) is 0 Å². The highest BCUT2D eigenvalue weighted by Crippen LogP contribution is 2.41. The van der Waals surface area contributed by atoms with Gasteiger partial charge in [0.1, 0.15) is 28.3 Å². The summed E-state index contributed by atoms with van der Waals surface area (Å²) in [4.78, 5) is 37.8. The summed E-state index contributed by atoms with van der Waals surface area (Å²) in [5.41, 5.74) is 3.41. The molecule has 1 aliphatic rings.